The van der Waals surface area contributed by atoms with E-state index in [1.165, 1.54) is 6.42 Å². The molecule has 1 heterocycles. The largest absolute Gasteiger partial charge is 0.370 e. The average Bonchev–Trinajstić information content (AvgIpc) is 2.47. The molecule has 13 heavy (non-hydrogen) atoms. The minimum Gasteiger partial charge on any atom is -0.370 e. The third kappa shape index (κ3) is 2.99. The molecule has 3 nitrogen and oxygen atoms in total. The minimum absolute atomic E-state index is 0.184. The predicted octanol–water partition coefficient (Wildman–Crippen LogP) is 0.886. The van der Waals surface area contributed by atoms with E-state index in [2.05, 4.69) is 19.2 Å². The Balaban J connectivity index is 2.35. The van der Waals surface area contributed by atoms with Crippen LogP contribution in [0.2, 0.25) is 0 Å². The first-order chi connectivity index (χ1) is 6.11. The lowest BCUT2D eigenvalue weighted by molar-refractivity contribution is -0.118. The molecule has 76 valence electrons. The summed E-state index contributed by atoms with van der Waals surface area (Å²) in [6, 6.07) is 0.507. The van der Waals surface area contributed by atoms with Gasteiger partial charge in [-0.1, -0.05) is 13.8 Å². The number of primary amides is 1. The molecule has 1 saturated heterocycles. The van der Waals surface area contributed by atoms with Crippen LogP contribution in [-0.2, 0) is 4.79 Å². The van der Waals surface area contributed by atoms with Crippen molar-refractivity contribution in [2.75, 3.05) is 6.54 Å². The Morgan fingerprint density at radius 1 is 1.62 bits per heavy atom. The summed E-state index contributed by atoms with van der Waals surface area (Å²) in [5.41, 5.74) is 5.13. The van der Waals surface area contributed by atoms with Gasteiger partial charge in [0.25, 0.3) is 0 Å². The second-order valence-electron chi connectivity index (χ2n) is 4.26. The summed E-state index contributed by atoms with van der Waals surface area (Å²) in [5, 5.41) is 3.44. The molecule has 2 unspecified atom stereocenters. The van der Waals surface area contributed by atoms with E-state index in [0.717, 1.165) is 18.9 Å². The van der Waals surface area contributed by atoms with Crippen molar-refractivity contribution < 1.29 is 4.79 Å². The van der Waals surface area contributed by atoms with Crippen LogP contribution in [0.1, 0.15) is 33.1 Å². The second-order valence-corrected chi connectivity index (χ2v) is 4.26. The molecule has 2 atom stereocenters. The molecule has 0 aromatic heterocycles. The molecule has 0 radical (unpaired) electrons. The van der Waals surface area contributed by atoms with E-state index in [1.807, 2.05) is 0 Å². The first-order valence-corrected chi connectivity index (χ1v) is 5.13. The fourth-order valence-corrected chi connectivity index (χ4v) is 2.20. The number of carbonyl (C=O) groups excluding carboxylic acids is 1. The van der Waals surface area contributed by atoms with Crippen LogP contribution >= 0.6 is 0 Å². The summed E-state index contributed by atoms with van der Waals surface area (Å²) in [5.74, 6) is 1.24. The molecule has 1 rings (SSSR count). The summed E-state index contributed by atoms with van der Waals surface area (Å²) in [6.45, 7) is 5.58. The molecule has 0 bridgehead atoms. The van der Waals surface area contributed by atoms with E-state index >= 15 is 0 Å². The van der Waals surface area contributed by atoms with Crippen LogP contribution < -0.4 is 11.1 Å². The molecule has 0 saturated carbocycles. The number of carbonyl (C=O) groups is 1. The lowest BCUT2D eigenvalue weighted by Gasteiger charge is -2.22. The molecule has 1 aliphatic rings. The Bertz CT molecular complexity index is 180. The Labute approximate surface area is 80.1 Å². The predicted molar refractivity (Wildman–Crippen MR) is 53.2 cm³/mol. The molecule has 1 aliphatic heterocycles. The number of amides is 1. The van der Waals surface area contributed by atoms with Gasteiger partial charge in [0.05, 0.1) is 0 Å². The van der Waals surface area contributed by atoms with Crippen LogP contribution in [0.4, 0.5) is 0 Å². The van der Waals surface area contributed by atoms with Gasteiger partial charge in [-0.3, -0.25) is 4.79 Å². The highest BCUT2D eigenvalue weighted by Gasteiger charge is 2.28. The number of hydrogen-bond donors (Lipinski definition) is 2. The van der Waals surface area contributed by atoms with Gasteiger partial charge in [0, 0.05) is 12.5 Å². The maximum Gasteiger partial charge on any atom is 0.217 e. The molecule has 0 aliphatic carbocycles. The summed E-state index contributed by atoms with van der Waals surface area (Å²) in [7, 11) is 0. The third-order valence-corrected chi connectivity index (χ3v) is 2.96. The lowest BCUT2D eigenvalue weighted by atomic mass is 9.87. The van der Waals surface area contributed by atoms with E-state index in [9.17, 15) is 4.79 Å². The van der Waals surface area contributed by atoms with Crippen molar-refractivity contribution in [1.29, 1.82) is 0 Å². The summed E-state index contributed by atoms with van der Waals surface area (Å²) < 4.78 is 0. The van der Waals surface area contributed by atoms with Crippen LogP contribution in [0, 0.1) is 11.8 Å². The number of rotatable bonds is 4. The zero-order chi connectivity index (χ0) is 9.84. The Morgan fingerprint density at radius 2 is 2.31 bits per heavy atom. The lowest BCUT2D eigenvalue weighted by Crippen LogP contribution is -2.30. The van der Waals surface area contributed by atoms with Gasteiger partial charge >= 0.3 is 0 Å². The van der Waals surface area contributed by atoms with Gasteiger partial charge in [0.15, 0.2) is 0 Å². The van der Waals surface area contributed by atoms with Crippen LogP contribution in [0.5, 0.6) is 0 Å². The van der Waals surface area contributed by atoms with Crippen molar-refractivity contribution in [3.05, 3.63) is 0 Å². The van der Waals surface area contributed by atoms with Crippen molar-refractivity contribution in [3.8, 4) is 0 Å². The zero-order valence-corrected chi connectivity index (χ0v) is 8.55. The first-order valence-electron chi connectivity index (χ1n) is 5.13. The quantitative estimate of drug-likeness (QED) is 0.681. The fraction of sp³-hybridized carbons (Fsp3) is 0.900. The van der Waals surface area contributed by atoms with E-state index in [4.69, 9.17) is 5.73 Å². The van der Waals surface area contributed by atoms with E-state index in [1.54, 1.807) is 0 Å². The topological polar surface area (TPSA) is 55.1 Å². The normalized spacial score (nSPS) is 28.2. The molecular weight excluding hydrogens is 164 g/mol. The van der Waals surface area contributed by atoms with Gasteiger partial charge in [-0.2, -0.15) is 0 Å². The standard InChI is InChI=1S/C10H20N2O/c1-7(2)8-5-6-12-9(8)3-4-10(11)13/h7-9,12H,3-6H2,1-2H3,(H2,11,13). The maximum atomic E-state index is 10.6. The Morgan fingerprint density at radius 3 is 2.85 bits per heavy atom. The molecule has 1 amide bonds. The van der Waals surface area contributed by atoms with Crippen molar-refractivity contribution in [3.63, 3.8) is 0 Å². The van der Waals surface area contributed by atoms with Crippen LogP contribution in [0.3, 0.4) is 0 Å². The van der Waals surface area contributed by atoms with Gasteiger partial charge in [-0.15, -0.1) is 0 Å². The average molecular weight is 184 g/mol. The summed E-state index contributed by atoms with van der Waals surface area (Å²) in [6.07, 6.45) is 2.65. The van der Waals surface area contributed by atoms with Crippen LogP contribution in [-0.4, -0.2) is 18.5 Å². The smallest absolute Gasteiger partial charge is 0.217 e. The van der Waals surface area contributed by atoms with E-state index in [-0.39, 0.29) is 5.91 Å². The Kier molecular flexibility index (Phi) is 3.72. The highest BCUT2D eigenvalue weighted by atomic mass is 16.1. The number of hydrogen-bond acceptors (Lipinski definition) is 2. The van der Waals surface area contributed by atoms with Gasteiger partial charge < -0.3 is 11.1 Å². The van der Waals surface area contributed by atoms with E-state index in [0.29, 0.717) is 18.4 Å². The summed E-state index contributed by atoms with van der Waals surface area (Å²) in [4.78, 5) is 10.6. The van der Waals surface area contributed by atoms with Gasteiger partial charge in [0.1, 0.15) is 0 Å². The minimum atomic E-state index is -0.184. The van der Waals surface area contributed by atoms with Crippen molar-refractivity contribution in [2.24, 2.45) is 17.6 Å². The summed E-state index contributed by atoms with van der Waals surface area (Å²) >= 11 is 0. The van der Waals surface area contributed by atoms with Gasteiger partial charge in [0.2, 0.25) is 5.91 Å². The second kappa shape index (κ2) is 4.61. The van der Waals surface area contributed by atoms with Gasteiger partial charge in [-0.25, -0.2) is 0 Å². The third-order valence-electron chi connectivity index (χ3n) is 2.96. The van der Waals surface area contributed by atoms with Crippen molar-refractivity contribution in [2.45, 2.75) is 39.2 Å². The van der Waals surface area contributed by atoms with Crippen molar-refractivity contribution in [1.82, 2.24) is 5.32 Å². The highest BCUT2D eigenvalue weighted by Crippen LogP contribution is 2.26. The van der Waals surface area contributed by atoms with Crippen molar-refractivity contribution >= 4 is 5.91 Å². The molecular formula is C10H20N2O. The molecule has 0 spiro atoms. The van der Waals surface area contributed by atoms with Gasteiger partial charge in [-0.05, 0) is 31.2 Å². The molecule has 3 heteroatoms. The monoisotopic (exact) mass is 184 g/mol. The zero-order valence-electron chi connectivity index (χ0n) is 8.55. The first kappa shape index (κ1) is 10.5. The molecule has 3 N–H and O–H groups in total. The molecule has 1 fully saturated rings. The molecule has 0 aromatic rings. The van der Waals surface area contributed by atoms with Crippen LogP contribution in [0.15, 0.2) is 0 Å². The molecule has 0 aromatic carbocycles. The number of nitrogens with one attached hydrogen (secondary N) is 1. The Hall–Kier alpha value is -0.570. The maximum absolute atomic E-state index is 10.6. The van der Waals surface area contributed by atoms with Crippen LogP contribution in [0.25, 0.3) is 0 Å². The fourth-order valence-electron chi connectivity index (χ4n) is 2.20. The van der Waals surface area contributed by atoms with E-state index < -0.39 is 0 Å². The number of nitrogens with two attached hydrogens (primary N) is 1. The SMILES string of the molecule is CC(C)C1CCNC1CCC(N)=O. The highest BCUT2D eigenvalue weighted by molar-refractivity contribution is 5.73.